The molecule has 1 aromatic carbocycles. The Balaban J connectivity index is 2.16. The number of likely N-dealkylation sites (N-methyl/N-ethyl adjacent to an activating group) is 1. The highest BCUT2D eigenvalue weighted by molar-refractivity contribution is 6.30. The summed E-state index contributed by atoms with van der Waals surface area (Å²) in [5.41, 5.74) is 1.72. The van der Waals surface area contributed by atoms with E-state index in [0.29, 0.717) is 17.0 Å². The van der Waals surface area contributed by atoms with Crippen LogP contribution in [0.5, 0.6) is 0 Å². The summed E-state index contributed by atoms with van der Waals surface area (Å²) in [4.78, 5) is 17.0. The molecule has 1 aromatic rings. The van der Waals surface area contributed by atoms with Crippen LogP contribution in [-0.2, 0) is 0 Å². The number of halogens is 1. The van der Waals surface area contributed by atoms with Crippen molar-refractivity contribution < 1.29 is 4.79 Å². The van der Waals surface area contributed by atoms with Crippen molar-refractivity contribution in [3.05, 3.63) is 34.3 Å². The van der Waals surface area contributed by atoms with E-state index in [-0.39, 0.29) is 5.91 Å². The van der Waals surface area contributed by atoms with E-state index in [0.717, 1.165) is 30.6 Å². The Morgan fingerprint density at radius 1 is 1.38 bits per heavy atom. The van der Waals surface area contributed by atoms with Crippen molar-refractivity contribution in [2.45, 2.75) is 32.7 Å². The van der Waals surface area contributed by atoms with Gasteiger partial charge in [-0.2, -0.15) is 0 Å². The van der Waals surface area contributed by atoms with Gasteiger partial charge in [0.2, 0.25) is 0 Å². The van der Waals surface area contributed by atoms with E-state index in [4.69, 9.17) is 11.6 Å². The number of rotatable bonds is 4. The molecule has 116 valence electrons. The van der Waals surface area contributed by atoms with Crippen molar-refractivity contribution in [2.75, 3.05) is 27.2 Å². The van der Waals surface area contributed by atoms with Gasteiger partial charge in [0.15, 0.2) is 0 Å². The molecule has 1 amide bonds. The second-order valence-corrected chi connectivity index (χ2v) is 6.69. The second-order valence-electron chi connectivity index (χ2n) is 6.25. The molecule has 1 saturated heterocycles. The lowest BCUT2D eigenvalue weighted by atomic mass is 9.98. The van der Waals surface area contributed by atoms with Crippen molar-refractivity contribution in [2.24, 2.45) is 5.92 Å². The number of hydrogen-bond acceptors (Lipinski definition) is 2. The highest BCUT2D eigenvalue weighted by atomic mass is 35.5. The van der Waals surface area contributed by atoms with Crippen molar-refractivity contribution in [1.29, 1.82) is 0 Å². The van der Waals surface area contributed by atoms with E-state index in [2.05, 4.69) is 25.9 Å². The van der Waals surface area contributed by atoms with E-state index < -0.39 is 0 Å². The van der Waals surface area contributed by atoms with Crippen LogP contribution in [0.25, 0.3) is 0 Å². The van der Waals surface area contributed by atoms with Crippen molar-refractivity contribution in [1.82, 2.24) is 9.80 Å². The Labute approximate surface area is 132 Å². The van der Waals surface area contributed by atoms with Crippen LogP contribution in [0, 0.1) is 12.8 Å². The molecule has 0 N–H and O–H groups in total. The van der Waals surface area contributed by atoms with Gasteiger partial charge in [0, 0.05) is 29.7 Å². The van der Waals surface area contributed by atoms with E-state index in [1.165, 1.54) is 6.42 Å². The highest BCUT2D eigenvalue weighted by Crippen LogP contribution is 2.27. The van der Waals surface area contributed by atoms with Gasteiger partial charge in [-0.25, -0.2) is 0 Å². The molecule has 1 fully saturated rings. The first-order valence-corrected chi connectivity index (χ1v) is 8.03. The molecule has 0 aliphatic carbocycles. The fraction of sp³-hybridized carbons (Fsp3) is 0.588. The van der Waals surface area contributed by atoms with Gasteiger partial charge in [0.1, 0.15) is 0 Å². The van der Waals surface area contributed by atoms with Gasteiger partial charge in [-0.15, -0.1) is 0 Å². The molecule has 4 heteroatoms. The Kier molecular flexibility index (Phi) is 5.28. The minimum atomic E-state index is 0.134. The normalized spacial score (nSPS) is 22.1. The average Bonchev–Trinajstić information content (AvgIpc) is 2.83. The fourth-order valence-corrected chi connectivity index (χ4v) is 3.52. The lowest BCUT2D eigenvalue weighted by molar-refractivity contribution is 0.0780. The molecule has 0 bridgehead atoms. The third-order valence-electron chi connectivity index (χ3n) is 4.44. The van der Waals surface area contributed by atoms with E-state index >= 15 is 0 Å². The van der Waals surface area contributed by atoms with Crippen molar-refractivity contribution in [3.63, 3.8) is 0 Å². The molecule has 1 aliphatic rings. The smallest absolute Gasteiger partial charge is 0.254 e. The summed E-state index contributed by atoms with van der Waals surface area (Å²) in [5.74, 6) is 0.705. The number of carbonyl (C=O) groups excluding carboxylic acids is 1. The number of aryl methyl sites for hydroxylation is 1. The molecule has 0 radical (unpaired) electrons. The number of carbonyl (C=O) groups is 1. The van der Waals surface area contributed by atoms with Gasteiger partial charge in [-0.05, 0) is 57.1 Å². The third kappa shape index (κ3) is 3.58. The monoisotopic (exact) mass is 308 g/mol. The molecule has 2 unspecified atom stereocenters. The quantitative estimate of drug-likeness (QED) is 0.850. The Bertz CT molecular complexity index is 516. The molecule has 2 rings (SSSR count). The maximum Gasteiger partial charge on any atom is 0.254 e. The lowest BCUT2D eigenvalue weighted by Gasteiger charge is -2.24. The number of benzene rings is 1. The van der Waals surface area contributed by atoms with Crippen LogP contribution in [-0.4, -0.2) is 48.9 Å². The van der Waals surface area contributed by atoms with Gasteiger partial charge in [0.25, 0.3) is 5.91 Å². The second kappa shape index (κ2) is 6.80. The minimum Gasteiger partial charge on any atom is -0.337 e. The number of amides is 1. The van der Waals surface area contributed by atoms with Crippen molar-refractivity contribution in [3.8, 4) is 0 Å². The third-order valence-corrected chi connectivity index (χ3v) is 4.67. The Morgan fingerprint density at radius 3 is 2.67 bits per heavy atom. The molecule has 1 aliphatic heterocycles. The predicted molar refractivity (Wildman–Crippen MR) is 88.0 cm³/mol. The highest BCUT2D eigenvalue weighted by Gasteiger charge is 2.36. The summed E-state index contributed by atoms with van der Waals surface area (Å²) >= 11 is 5.98. The summed E-state index contributed by atoms with van der Waals surface area (Å²) in [7, 11) is 4.21. The molecule has 1 heterocycles. The SMILES string of the molecule is CCCC1CN(C(=O)c2ccc(Cl)cc2C)CC1N(C)C. The summed E-state index contributed by atoms with van der Waals surface area (Å²) < 4.78 is 0. The number of nitrogens with zero attached hydrogens (tertiary/aromatic N) is 2. The molecular weight excluding hydrogens is 284 g/mol. The van der Waals surface area contributed by atoms with E-state index in [9.17, 15) is 4.79 Å². The van der Waals surface area contributed by atoms with E-state index in [1.54, 1.807) is 6.07 Å². The molecule has 0 spiro atoms. The number of likely N-dealkylation sites (tertiary alicyclic amines) is 1. The van der Waals surface area contributed by atoms with Gasteiger partial charge >= 0.3 is 0 Å². The van der Waals surface area contributed by atoms with Crippen LogP contribution in [0.3, 0.4) is 0 Å². The molecule has 21 heavy (non-hydrogen) atoms. The zero-order chi connectivity index (χ0) is 15.6. The maximum atomic E-state index is 12.8. The Hall–Kier alpha value is -1.06. The topological polar surface area (TPSA) is 23.6 Å². The lowest BCUT2D eigenvalue weighted by Crippen LogP contribution is -2.36. The average molecular weight is 309 g/mol. The summed E-state index contributed by atoms with van der Waals surface area (Å²) in [6, 6.07) is 5.96. The van der Waals surface area contributed by atoms with Gasteiger partial charge in [-0.3, -0.25) is 4.79 Å². The first-order valence-electron chi connectivity index (χ1n) is 7.66. The number of hydrogen-bond donors (Lipinski definition) is 0. The fourth-order valence-electron chi connectivity index (χ4n) is 3.30. The zero-order valence-corrected chi connectivity index (χ0v) is 14.2. The standard InChI is InChI=1S/C17H25ClN2O/c1-5-6-13-10-20(11-16(13)19(3)4)17(21)15-8-7-14(18)9-12(15)2/h7-9,13,16H,5-6,10-11H2,1-4H3. The summed E-state index contributed by atoms with van der Waals surface area (Å²) in [6.45, 7) is 5.83. The van der Waals surface area contributed by atoms with Gasteiger partial charge in [0.05, 0.1) is 0 Å². The first-order chi connectivity index (χ1) is 9.93. The Morgan fingerprint density at radius 2 is 2.10 bits per heavy atom. The van der Waals surface area contributed by atoms with Crippen LogP contribution < -0.4 is 0 Å². The molecule has 0 aromatic heterocycles. The van der Waals surface area contributed by atoms with Crippen LogP contribution >= 0.6 is 11.6 Å². The van der Waals surface area contributed by atoms with Crippen LogP contribution in [0.2, 0.25) is 5.02 Å². The van der Waals surface area contributed by atoms with Crippen LogP contribution in [0.1, 0.15) is 35.7 Å². The van der Waals surface area contributed by atoms with Gasteiger partial charge < -0.3 is 9.80 Å². The predicted octanol–water partition coefficient (Wildman–Crippen LogP) is 3.45. The van der Waals surface area contributed by atoms with Crippen LogP contribution in [0.15, 0.2) is 18.2 Å². The van der Waals surface area contributed by atoms with Gasteiger partial charge in [-0.1, -0.05) is 24.9 Å². The largest absolute Gasteiger partial charge is 0.337 e. The van der Waals surface area contributed by atoms with E-state index in [1.807, 2.05) is 24.0 Å². The summed E-state index contributed by atoms with van der Waals surface area (Å²) in [5, 5.41) is 0.681. The zero-order valence-electron chi connectivity index (χ0n) is 13.4. The minimum absolute atomic E-state index is 0.134. The molecular formula is C17H25ClN2O. The maximum absolute atomic E-state index is 12.8. The molecule has 2 atom stereocenters. The summed E-state index contributed by atoms with van der Waals surface area (Å²) in [6.07, 6.45) is 2.34. The van der Waals surface area contributed by atoms with Crippen LogP contribution in [0.4, 0.5) is 0 Å². The molecule has 3 nitrogen and oxygen atoms in total. The molecule has 0 saturated carbocycles. The van der Waals surface area contributed by atoms with Crippen molar-refractivity contribution >= 4 is 17.5 Å². The first kappa shape index (κ1) is 16.3.